The van der Waals surface area contributed by atoms with Gasteiger partial charge in [-0.25, -0.2) is 0 Å². The highest BCUT2D eigenvalue weighted by molar-refractivity contribution is 5.95. The van der Waals surface area contributed by atoms with Crippen LogP contribution in [0.4, 0.5) is 11.4 Å². The van der Waals surface area contributed by atoms with Gasteiger partial charge < -0.3 is 10.2 Å². The van der Waals surface area contributed by atoms with E-state index in [1.165, 1.54) is 12.1 Å². The number of nitro groups is 1. The van der Waals surface area contributed by atoms with E-state index in [1.54, 1.807) is 17.9 Å². The Balaban J connectivity index is 1.53. The summed E-state index contributed by atoms with van der Waals surface area (Å²) < 4.78 is 0. The second-order valence-electron chi connectivity index (χ2n) is 7.62. The Morgan fingerprint density at radius 1 is 1.03 bits per heavy atom. The molecule has 8 heteroatoms. The first kappa shape index (κ1) is 21.4. The molecule has 0 saturated carbocycles. The number of rotatable bonds is 5. The van der Waals surface area contributed by atoms with Crippen molar-refractivity contribution in [2.24, 2.45) is 0 Å². The average molecular weight is 410 g/mol. The van der Waals surface area contributed by atoms with E-state index in [2.05, 4.69) is 5.32 Å². The summed E-state index contributed by atoms with van der Waals surface area (Å²) in [7, 11) is 0. The lowest BCUT2D eigenvalue weighted by Gasteiger charge is -2.34. The minimum atomic E-state index is -0.453. The number of benzene rings is 2. The molecule has 0 spiro atoms. The zero-order chi connectivity index (χ0) is 21.8. The third-order valence-electron chi connectivity index (χ3n) is 5.55. The van der Waals surface area contributed by atoms with Crippen molar-refractivity contribution in [3.63, 3.8) is 0 Å². The Hall–Kier alpha value is -3.26. The van der Waals surface area contributed by atoms with E-state index in [4.69, 9.17) is 0 Å². The fourth-order valence-corrected chi connectivity index (χ4v) is 3.56. The fraction of sp³-hybridized carbons (Fsp3) is 0.364. The Bertz CT molecular complexity index is 981. The summed E-state index contributed by atoms with van der Waals surface area (Å²) in [6, 6.07) is 10.2. The lowest BCUT2D eigenvalue weighted by atomic mass is 10.1. The minimum absolute atomic E-state index is 0.00577. The molecule has 0 atom stereocenters. The van der Waals surface area contributed by atoms with Crippen LogP contribution < -0.4 is 5.32 Å². The summed E-state index contributed by atoms with van der Waals surface area (Å²) in [4.78, 5) is 39.4. The summed E-state index contributed by atoms with van der Waals surface area (Å²) >= 11 is 0. The van der Waals surface area contributed by atoms with Gasteiger partial charge in [-0.2, -0.15) is 0 Å². The van der Waals surface area contributed by atoms with E-state index >= 15 is 0 Å². The van der Waals surface area contributed by atoms with Crippen LogP contribution in [0.25, 0.3) is 0 Å². The topological polar surface area (TPSA) is 95.8 Å². The van der Waals surface area contributed by atoms with Crippen LogP contribution in [-0.2, 0) is 4.79 Å². The van der Waals surface area contributed by atoms with Gasteiger partial charge in [-0.3, -0.25) is 24.6 Å². The number of nitro benzene ring substituents is 1. The smallest absolute Gasteiger partial charge is 0.272 e. The largest absolute Gasteiger partial charge is 0.336 e. The van der Waals surface area contributed by atoms with E-state index in [9.17, 15) is 19.7 Å². The molecule has 1 N–H and O–H groups in total. The van der Waals surface area contributed by atoms with E-state index in [-0.39, 0.29) is 24.0 Å². The van der Waals surface area contributed by atoms with Gasteiger partial charge in [0.15, 0.2) is 0 Å². The van der Waals surface area contributed by atoms with Crippen LogP contribution in [0.5, 0.6) is 0 Å². The van der Waals surface area contributed by atoms with Crippen molar-refractivity contribution in [2.45, 2.75) is 20.8 Å². The summed E-state index contributed by atoms with van der Waals surface area (Å²) in [5, 5.41) is 13.9. The Morgan fingerprint density at radius 2 is 1.73 bits per heavy atom. The molecule has 0 aliphatic carbocycles. The molecule has 3 rings (SSSR count). The second kappa shape index (κ2) is 9.04. The second-order valence-corrected chi connectivity index (χ2v) is 7.62. The van der Waals surface area contributed by atoms with Gasteiger partial charge in [-0.1, -0.05) is 12.1 Å². The Kier molecular flexibility index (Phi) is 6.47. The molecule has 30 heavy (non-hydrogen) atoms. The maximum absolute atomic E-state index is 12.7. The highest BCUT2D eigenvalue weighted by Gasteiger charge is 2.24. The lowest BCUT2D eigenvalue weighted by molar-refractivity contribution is -0.385. The van der Waals surface area contributed by atoms with Gasteiger partial charge >= 0.3 is 0 Å². The first-order valence-electron chi connectivity index (χ1n) is 9.89. The number of carbonyl (C=O) groups excluding carboxylic acids is 2. The summed E-state index contributed by atoms with van der Waals surface area (Å²) in [5.74, 6) is -0.220. The van der Waals surface area contributed by atoms with Gasteiger partial charge in [0.05, 0.1) is 11.5 Å². The monoisotopic (exact) mass is 410 g/mol. The van der Waals surface area contributed by atoms with E-state index < -0.39 is 4.92 Å². The van der Waals surface area contributed by atoms with Crippen molar-refractivity contribution in [2.75, 3.05) is 38.0 Å². The van der Waals surface area contributed by atoms with Crippen LogP contribution >= 0.6 is 0 Å². The molecular weight excluding hydrogens is 384 g/mol. The molecule has 1 aliphatic rings. The van der Waals surface area contributed by atoms with Gasteiger partial charge in [0.1, 0.15) is 0 Å². The van der Waals surface area contributed by atoms with Crippen molar-refractivity contribution < 1.29 is 14.5 Å². The highest BCUT2D eigenvalue weighted by Crippen LogP contribution is 2.21. The molecule has 0 unspecified atom stereocenters. The van der Waals surface area contributed by atoms with Crippen LogP contribution in [0.1, 0.15) is 27.0 Å². The molecule has 0 bridgehead atoms. The molecule has 158 valence electrons. The van der Waals surface area contributed by atoms with Crippen LogP contribution in [-0.4, -0.2) is 59.3 Å². The number of nitrogens with one attached hydrogen (secondary N) is 1. The first-order chi connectivity index (χ1) is 14.3. The van der Waals surface area contributed by atoms with Crippen molar-refractivity contribution in [1.29, 1.82) is 0 Å². The lowest BCUT2D eigenvalue weighted by Crippen LogP contribution is -2.50. The molecule has 2 amide bonds. The summed E-state index contributed by atoms with van der Waals surface area (Å²) in [6.45, 7) is 8.09. The number of piperazine rings is 1. The SMILES string of the molecule is Cc1cc(C(=O)N2CCN(CC(=O)Nc3cccc(C)c3C)CC2)ccc1[N+](=O)[O-]. The average Bonchev–Trinajstić information content (AvgIpc) is 2.71. The molecule has 1 heterocycles. The molecule has 0 aromatic heterocycles. The zero-order valence-electron chi connectivity index (χ0n) is 17.5. The summed E-state index contributed by atoms with van der Waals surface area (Å²) in [6.07, 6.45) is 0. The van der Waals surface area contributed by atoms with E-state index in [1.807, 2.05) is 36.9 Å². The van der Waals surface area contributed by atoms with Crippen LogP contribution in [0.3, 0.4) is 0 Å². The van der Waals surface area contributed by atoms with Crippen molar-refractivity contribution >= 4 is 23.2 Å². The molecule has 1 fully saturated rings. The number of amides is 2. The van der Waals surface area contributed by atoms with Crippen molar-refractivity contribution in [3.05, 3.63) is 68.8 Å². The zero-order valence-corrected chi connectivity index (χ0v) is 17.5. The molecule has 1 aliphatic heterocycles. The van der Waals surface area contributed by atoms with Gasteiger partial charge in [0.2, 0.25) is 5.91 Å². The predicted molar refractivity (Wildman–Crippen MR) is 115 cm³/mol. The van der Waals surface area contributed by atoms with Crippen molar-refractivity contribution in [3.8, 4) is 0 Å². The van der Waals surface area contributed by atoms with Crippen LogP contribution in [0.2, 0.25) is 0 Å². The van der Waals surface area contributed by atoms with Crippen molar-refractivity contribution in [1.82, 2.24) is 9.80 Å². The number of hydrogen-bond donors (Lipinski definition) is 1. The number of carbonyl (C=O) groups is 2. The molecule has 2 aromatic rings. The maximum Gasteiger partial charge on any atom is 0.272 e. The molecule has 1 saturated heterocycles. The Labute approximate surface area is 175 Å². The quantitative estimate of drug-likeness (QED) is 0.604. The number of nitrogens with zero attached hydrogens (tertiary/aromatic N) is 3. The van der Waals surface area contributed by atoms with Gasteiger partial charge in [0.25, 0.3) is 11.6 Å². The van der Waals surface area contributed by atoms with E-state index in [0.29, 0.717) is 37.3 Å². The minimum Gasteiger partial charge on any atom is -0.336 e. The third kappa shape index (κ3) is 4.83. The first-order valence-corrected chi connectivity index (χ1v) is 9.89. The van der Waals surface area contributed by atoms with Gasteiger partial charge in [-0.05, 0) is 50.1 Å². The maximum atomic E-state index is 12.7. The fourth-order valence-electron chi connectivity index (χ4n) is 3.56. The molecular formula is C22H26N4O4. The van der Waals surface area contributed by atoms with E-state index in [0.717, 1.165) is 16.8 Å². The number of hydrogen-bond acceptors (Lipinski definition) is 5. The number of aryl methyl sites for hydroxylation is 2. The molecule has 2 aromatic carbocycles. The molecule has 8 nitrogen and oxygen atoms in total. The molecule has 0 radical (unpaired) electrons. The van der Waals surface area contributed by atoms with Gasteiger partial charge in [0, 0.05) is 49.1 Å². The number of anilines is 1. The van der Waals surface area contributed by atoms with Crippen LogP contribution in [0, 0.1) is 30.9 Å². The third-order valence-corrected chi connectivity index (χ3v) is 5.55. The normalized spacial score (nSPS) is 14.4. The highest BCUT2D eigenvalue weighted by atomic mass is 16.6. The predicted octanol–water partition coefficient (Wildman–Crippen LogP) is 2.92. The van der Waals surface area contributed by atoms with Crippen LogP contribution in [0.15, 0.2) is 36.4 Å². The summed E-state index contributed by atoms with van der Waals surface area (Å²) in [5.41, 5.74) is 3.92. The van der Waals surface area contributed by atoms with Gasteiger partial charge in [-0.15, -0.1) is 0 Å². The Morgan fingerprint density at radius 3 is 2.37 bits per heavy atom. The standard InChI is InChI=1S/C22H26N4O4/c1-15-5-4-6-19(17(15)3)23-21(27)14-24-9-11-25(12-10-24)22(28)18-7-8-20(26(29)30)16(2)13-18/h4-8,13H,9-12,14H2,1-3H3,(H,23,27).